The Morgan fingerprint density at radius 1 is 1.46 bits per heavy atom. The summed E-state index contributed by atoms with van der Waals surface area (Å²) in [6.07, 6.45) is 0. The SMILES string of the molecule is COc1cc(C(=O)O)c(C)nc1C. The van der Waals surface area contributed by atoms with E-state index in [9.17, 15) is 4.79 Å². The molecule has 0 atom stereocenters. The van der Waals surface area contributed by atoms with Crippen molar-refractivity contribution < 1.29 is 14.6 Å². The first-order valence-electron chi connectivity index (χ1n) is 3.81. The van der Waals surface area contributed by atoms with Crippen LogP contribution in [0.5, 0.6) is 5.75 Å². The Labute approximate surface area is 76.2 Å². The van der Waals surface area contributed by atoms with Gasteiger partial charge in [-0.15, -0.1) is 0 Å². The van der Waals surface area contributed by atoms with E-state index >= 15 is 0 Å². The number of methoxy groups -OCH3 is 1. The third-order valence-electron chi connectivity index (χ3n) is 1.81. The maximum absolute atomic E-state index is 10.7. The van der Waals surface area contributed by atoms with Crippen LogP contribution >= 0.6 is 0 Å². The van der Waals surface area contributed by atoms with Crippen molar-refractivity contribution in [2.24, 2.45) is 0 Å². The van der Waals surface area contributed by atoms with Crippen molar-refractivity contribution in [3.63, 3.8) is 0 Å². The maximum atomic E-state index is 10.7. The van der Waals surface area contributed by atoms with Gasteiger partial charge in [0.05, 0.1) is 24.1 Å². The largest absolute Gasteiger partial charge is 0.495 e. The van der Waals surface area contributed by atoms with Gasteiger partial charge in [-0.1, -0.05) is 0 Å². The van der Waals surface area contributed by atoms with Gasteiger partial charge in [0.25, 0.3) is 0 Å². The molecule has 1 N–H and O–H groups in total. The summed E-state index contributed by atoms with van der Waals surface area (Å²) in [5.41, 5.74) is 1.39. The first kappa shape index (κ1) is 9.51. The third-order valence-corrected chi connectivity index (χ3v) is 1.81. The van der Waals surface area contributed by atoms with E-state index in [1.54, 1.807) is 13.8 Å². The number of hydrogen-bond acceptors (Lipinski definition) is 3. The van der Waals surface area contributed by atoms with Crippen molar-refractivity contribution in [3.05, 3.63) is 23.0 Å². The molecule has 0 amide bonds. The highest BCUT2D eigenvalue weighted by Crippen LogP contribution is 2.19. The molecule has 0 spiro atoms. The summed E-state index contributed by atoms with van der Waals surface area (Å²) in [6, 6.07) is 1.49. The Balaban J connectivity index is 3.30. The van der Waals surface area contributed by atoms with Crippen LogP contribution in [0.1, 0.15) is 21.7 Å². The lowest BCUT2D eigenvalue weighted by atomic mass is 10.2. The second-order valence-electron chi connectivity index (χ2n) is 2.71. The molecule has 0 unspecified atom stereocenters. The molecule has 1 aromatic rings. The van der Waals surface area contributed by atoms with Crippen LogP contribution < -0.4 is 4.74 Å². The number of pyridine rings is 1. The Hall–Kier alpha value is -1.58. The summed E-state index contributed by atoms with van der Waals surface area (Å²) in [6.45, 7) is 3.44. The molecule has 0 aliphatic rings. The first-order chi connectivity index (χ1) is 6.06. The van der Waals surface area contributed by atoms with Gasteiger partial charge >= 0.3 is 5.97 Å². The minimum Gasteiger partial charge on any atom is -0.495 e. The average Bonchev–Trinajstić information content (AvgIpc) is 2.03. The summed E-state index contributed by atoms with van der Waals surface area (Å²) in [4.78, 5) is 14.8. The standard InChI is InChI=1S/C9H11NO3/c1-5-7(9(11)12)4-8(13-3)6(2)10-5/h4H,1-3H3,(H,11,12). The number of carboxylic acid groups (broad SMARTS) is 1. The topological polar surface area (TPSA) is 59.4 Å². The average molecular weight is 181 g/mol. The van der Waals surface area contributed by atoms with Gasteiger partial charge in [-0.05, 0) is 19.9 Å². The Morgan fingerprint density at radius 2 is 2.08 bits per heavy atom. The van der Waals surface area contributed by atoms with E-state index in [-0.39, 0.29) is 5.56 Å². The van der Waals surface area contributed by atoms with Gasteiger partial charge in [-0.2, -0.15) is 0 Å². The number of nitrogens with zero attached hydrogens (tertiary/aromatic N) is 1. The van der Waals surface area contributed by atoms with Crippen molar-refractivity contribution in [1.82, 2.24) is 4.98 Å². The minimum atomic E-state index is -0.983. The van der Waals surface area contributed by atoms with E-state index in [0.29, 0.717) is 17.1 Å². The highest BCUT2D eigenvalue weighted by atomic mass is 16.5. The van der Waals surface area contributed by atoms with Gasteiger partial charge < -0.3 is 9.84 Å². The highest BCUT2D eigenvalue weighted by molar-refractivity contribution is 5.89. The number of aromatic nitrogens is 1. The van der Waals surface area contributed by atoms with Crippen LogP contribution in [0.4, 0.5) is 0 Å². The van der Waals surface area contributed by atoms with Gasteiger partial charge in [0.2, 0.25) is 0 Å². The van der Waals surface area contributed by atoms with E-state index < -0.39 is 5.97 Å². The summed E-state index contributed by atoms with van der Waals surface area (Å²) in [5, 5.41) is 8.78. The van der Waals surface area contributed by atoms with Crippen LogP contribution in [0.25, 0.3) is 0 Å². The maximum Gasteiger partial charge on any atom is 0.337 e. The number of rotatable bonds is 2. The lowest BCUT2D eigenvalue weighted by Crippen LogP contribution is -2.04. The van der Waals surface area contributed by atoms with Crippen LogP contribution in [0.15, 0.2) is 6.07 Å². The molecule has 13 heavy (non-hydrogen) atoms. The molecular formula is C9H11NO3. The lowest BCUT2D eigenvalue weighted by molar-refractivity contribution is 0.0695. The molecule has 0 aromatic carbocycles. The zero-order valence-electron chi connectivity index (χ0n) is 7.79. The summed E-state index contributed by atoms with van der Waals surface area (Å²) in [5.74, 6) is -0.480. The Morgan fingerprint density at radius 3 is 2.54 bits per heavy atom. The molecule has 1 heterocycles. The van der Waals surface area contributed by atoms with Crippen LogP contribution in [0.3, 0.4) is 0 Å². The van der Waals surface area contributed by atoms with E-state index in [4.69, 9.17) is 9.84 Å². The second kappa shape index (κ2) is 3.43. The van der Waals surface area contributed by atoms with Crippen LogP contribution in [0, 0.1) is 13.8 Å². The number of carboxylic acids is 1. The van der Waals surface area contributed by atoms with Crippen molar-refractivity contribution in [2.75, 3.05) is 7.11 Å². The summed E-state index contributed by atoms with van der Waals surface area (Å²) in [7, 11) is 1.49. The normalized spacial score (nSPS) is 9.77. The number of hydrogen-bond donors (Lipinski definition) is 1. The first-order valence-corrected chi connectivity index (χ1v) is 3.81. The molecular weight excluding hydrogens is 170 g/mol. The van der Waals surface area contributed by atoms with E-state index in [2.05, 4.69) is 4.98 Å². The fourth-order valence-electron chi connectivity index (χ4n) is 1.13. The van der Waals surface area contributed by atoms with Gasteiger partial charge in [-0.3, -0.25) is 4.98 Å². The predicted octanol–water partition coefficient (Wildman–Crippen LogP) is 1.41. The molecule has 4 nitrogen and oxygen atoms in total. The van der Waals surface area contributed by atoms with Gasteiger partial charge in [0, 0.05) is 0 Å². The van der Waals surface area contributed by atoms with Gasteiger partial charge in [-0.25, -0.2) is 4.79 Å². The molecule has 0 bridgehead atoms. The molecule has 0 saturated carbocycles. The molecule has 4 heteroatoms. The fraction of sp³-hybridized carbons (Fsp3) is 0.333. The third kappa shape index (κ3) is 1.77. The molecule has 0 aliphatic heterocycles. The smallest absolute Gasteiger partial charge is 0.337 e. The lowest BCUT2D eigenvalue weighted by Gasteiger charge is -2.06. The van der Waals surface area contributed by atoms with Gasteiger partial charge in [0.1, 0.15) is 5.75 Å². The van der Waals surface area contributed by atoms with Crippen molar-refractivity contribution in [2.45, 2.75) is 13.8 Å². The van der Waals surface area contributed by atoms with E-state index in [0.717, 1.165) is 0 Å². The highest BCUT2D eigenvalue weighted by Gasteiger charge is 2.11. The Bertz CT molecular complexity index is 347. The monoisotopic (exact) mass is 181 g/mol. The molecule has 1 rings (SSSR count). The Kier molecular flexibility index (Phi) is 2.51. The molecule has 70 valence electrons. The number of carbonyl (C=O) groups is 1. The number of aryl methyl sites for hydroxylation is 2. The minimum absolute atomic E-state index is 0.183. The zero-order valence-corrected chi connectivity index (χ0v) is 7.79. The molecule has 0 radical (unpaired) electrons. The fourth-order valence-corrected chi connectivity index (χ4v) is 1.13. The van der Waals surface area contributed by atoms with Crippen molar-refractivity contribution in [1.29, 1.82) is 0 Å². The predicted molar refractivity (Wildman–Crippen MR) is 47.2 cm³/mol. The number of ether oxygens (including phenoxy) is 1. The quantitative estimate of drug-likeness (QED) is 0.749. The second-order valence-corrected chi connectivity index (χ2v) is 2.71. The van der Waals surface area contributed by atoms with E-state index in [1.807, 2.05) is 0 Å². The molecule has 0 saturated heterocycles. The molecule has 0 fully saturated rings. The van der Waals surface area contributed by atoms with Crippen molar-refractivity contribution in [3.8, 4) is 5.75 Å². The van der Waals surface area contributed by atoms with E-state index in [1.165, 1.54) is 13.2 Å². The van der Waals surface area contributed by atoms with Crippen LogP contribution in [-0.4, -0.2) is 23.2 Å². The molecule has 0 aliphatic carbocycles. The number of aromatic carboxylic acids is 1. The van der Waals surface area contributed by atoms with Crippen LogP contribution in [0.2, 0.25) is 0 Å². The van der Waals surface area contributed by atoms with Gasteiger partial charge in [0.15, 0.2) is 0 Å². The summed E-state index contributed by atoms with van der Waals surface area (Å²) < 4.78 is 4.96. The van der Waals surface area contributed by atoms with Crippen LogP contribution in [-0.2, 0) is 0 Å². The molecule has 1 aromatic heterocycles. The zero-order chi connectivity index (χ0) is 10.0. The van der Waals surface area contributed by atoms with Crippen molar-refractivity contribution >= 4 is 5.97 Å². The summed E-state index contributed by atoms with van der Waals surface area (Å²) >= 11 is 0.